The second kappa shape index (κ2) is 4.35. The van der Waals surface area contributed by atoms with Crippen LogP contribution in [-0.2, 0) is 4.79 Å². The summed E-state index contributed by atoms with van der Waals surface area (Å²) >= 11 is 1.59. The van der Waals surface area contributed by atoms with E-state index < -0.39 is 0 Å². The molecule has 0 saturated heterocycles. The van der Waals surface area contributed by atoms with Crippen LogP contribution in [0.2, 0.25) is 0 Å². The van der Waals surface area contributed by atoms with E-state index in [-0.39, 0.29) is 5.91 Å². The highest BCUT2D eigenvalue weighted by atomic mass is 32.2. The molecule has 1 aliphatic heterocycles. The summed E-state index contributed by atoms with van der Waals surface area (Å²) in [6.07, 6.45) is 0. The van der Waals surface area contributed by atoms with Crippen LogP contribution in [0.4, 0.5) is 0 Å². The Morgan fingerprint density at radius 2 is 2.64 bits per heavy atom. The van der Waals surface area contributed by atoms with E-state index in [1.807, 2.05) is 0 Å². The van der Waals surface area contributed by atoms with Crippen LogP contribution < -0.4 is 10.6 Å². The third kappa shape index (κ3) is 2.90. The number of thioether (sulfide) groups is 1. The van der Waals surface area contributed by atoms with Gasteiger partial charge in [-0.25, -0.2) is 0 Å². The monoisotopic (exact) mass is 173 g/mol. The molecule has 0 fully saturated rings. The third-order valence-electron chi connectivity index (χ3n) is 1.17. The molecule has 11 heavy (non-hydrogen) atoms. The minimum Gasteiger partial charge on any atom is -0.311 e. The van der Waals surface area contributed by atoms with Crippen LogP contribution in [-0.4, -0.2) is 37.0 Å². The molecule has 4 nitrogen and oxygen atoms in total. The maximum Gasteiger partial charge on any atom is 0.239 e. The van der Waals surface area contributed by atoms with Crippen molar-refractivity contribution in [3.63, 3.8) is 0 Å². The first kappa shape index (κ1) is 8.55. The lowest BCUT2D eigenvalue weighted by Gasteiger charge is -2.01. The molecule has 5 heteroatoms. The zero-order valence-electron chi connectivity index (χ0n) is 6.39. The first-order chi connectivity index (χ1) is 5.33. The Morgan fingerprint density at radius 1 is 1.82 bits per heavy atom. The van der Waals surface area contributed by atoms with Gasteiger partial charge in [-0.1, -0.05) is 11.8 Å². The van der Waals surface area contributed by atoms with Gasteiger partial charge in [0.25, 0.3) is 0 Å². The van der Waals surface area contributed by atoms with Crippen LogP contribution in [0, 0.1) is 0 Å². The molecule has 0 aromatic heterocycles. The smallest absolute Gasteiger partial charge is 0.239 e. The van der Waals surface area contributed by atoms with Gasteiger partial charge in [0.2, 0.25) is 5.91 Å². The molecule has 1 heterocycles. The predicted octanol–water partition coefficient (Wildman–Crippen LogP) is -0.575. The Bertz CT molecular complexity index is 181. The number of aliphatic imine (C=N–C) groups is 1. The Balaban J connectivity index is 2.24. The predicted molar refractivity (Wildman–Crippen MR) is 46.8 cm³/mol. The molecule has 1 rings (SSSR count). The number of nitrogens with one attached hydrogen (secondary N) is 2. The molecule has 0 bridgehead atoms. The van der Waals surface area contributed by atoms with Crippen LogP contribution in [0.15, 0.2) is 4.99 Å². The Kier molecular flexibility index (Phi) is 3.38. The Labute approximate surface area is 69.8 Å². The summed E-state index contributed by atoms with van der Waals surface area (Å²) in [6.45, 7) is 1.17. The SMILES string of the molecule is CNCC(=O)NC1=NCCS1. The summed E-state index contributed by atoms with van der Waals surface area (Å²) in [5.41, 5.74) is 0. The highest BCUT2D eigenvalue weighted by Crippen LogP contribution is 2.08. The number of likely N-dealkylation sites (N-methyl/N-ethyl adjacent to an activating group) is 1. The third-order valence-corrected chi connectivity index (χ3v) is 2.06. The average molecular weight is 173 g/mol. The minimum absolute atomic E-state index is 0.0272. The lowest BCUT2D eigenvalue weighted by atomic mass is 10.6. The normalized spacial score (nSPS) is 16.3. The van der Waals surface area contributed by atoms with Gasteiger partial charge in [-0.05, 0) is 7.05 Å². The largest absolute Gasteiger partial charge is 0.311 e. The molecule has 0 aromatic carbocycles. The fourth-order valence-corrected chi connectivity index (χ4v) is 1.48. The second-order valence-corrected chi connectivity index (χ2v) is 3.20. The maximum absolute atomic E-state index is 10.9. The van der Waals surface area contributed by atoms with Crippen LogP contribution in [0.1, 0.15) is 0 Å². The molecule has 62 valence electrons. The van der Waals surface area contributed by atoms with E-state index in [1.54, 1.807) is 18.8 Å². The number of rotatable bonds is 2. The fourth-order valence-electron chi connectivity index (χ4n) is 0.735. The van der Waals surface area contributed by atoms with E-state index in [0.717, 1.165) is 17.5 Å². The van der Waals surface area contributed by atoms with Crippen molar-refractivity contribution in [2.24, 2.45) is 4.99 Å². The molecule has 0 aliphatic carbocycles. The first-order valence-electron chi connectivity index (χ1n) is 3.44. The average Bonchev–Trinajstić information content (AvgIpc) is 2.40. The molecule has 0 atom stereocenters. The summed E-state index contributed by atoms with van der Waals surface area (Å²) < 4.78 is 0. The fraction of sp³-hybridized carbons (Fsp3) is 0.667. The number of hydrogen-bond acceptors (Lipinski definition) is 4. The second-order valence-electron chi connectivity index (χ2n) is 2.11. The van der Waals surface area contributed by atoms with E-state index in [1.165, 1.54) is 0 Å². The summed E-state index contributed by atoms with van der Waals surface area (Å²) in [6, 6.07) is 0. The van der Waals surface area contributed by atoms with Crippen LogP contribution in [0.3, 0.4) is 0 Å². The molecule has 2 N–H and O–H groups in total. The summed E-state index contributed by atoms with van der Waals surface area (Å²) in [5, 5.41) is 6.21. The van der Waals surface area contributed by atoms with Crippen molar-refractivity contribution in [2.75, 3.05) is 25.9 Å². The van der Waals surface area contributed by atoms with Gasteiger partial charge in [-0.2, -0.15) is 0 Å². The van der Waals surface area contributed by atoms with Crippen LogP contribution in [0.25, 0.3) is 0 Å². The van der Waals surface area contributed by atoms with Gasteiger partial charge >= 0.3 is 0 Å². The highest BCUT2D eigenvalue weighted by molar-refractivity contribution is 8.14. The number of carbonyl (C=O) groups is 1. The van der Waals surface area contributed by atoms with E-state index in [4.69, 9.17) is 0 Å². The summed E-state index contributed by atoms with van der Waals surface area (Å²) in [5.74, 6) is 0.954. The zero-order chi connectivity index (χ0) is 8.10. The van der Waals surface area contributed by atoms with Gasteiger partial charge in [0.15, 0.2) is 5.17 Å². The van der Waals surface area contributed by atoms with E-state index >= 15 is 0 Å². The van der Waals surface area contributed by atoms with E-state index in [0.29, 0.717) is 6.54 Å². The van der Waals surface area contributed by atoms with Gasteiger partial charge in [0.05, 0.1) is 13.1 Å². The molecule has 0 spiro atoms. The number of hydrogen-bond donors (Lipinski definition) is 2. The first-order valence-corrected chi connectivity index (χ1v) is 4.43. The van der Waals surface area contributed by atoms with E-state index in [9.17, 15) is 4.79 Å². The van der Waals surface area contributed by atoms with Crippen LogP contribution >= 0.6 is 11.8 Å². The molecule has 1 aliphatic rings. The molecule has 0 unspecified atom stereocenters. The molecule has 0 radical (unpaired) electrons. The number of amides is 1. The van der Waals surface area contributed by atoms with Crippen molar-refractivity contribution in [3.8, 4) is 0 Å². The molecule has 0 saturated carbocycles. The highest BCUT2D eigenvalue weighted by Gasteiger charge is 2.09. The lowest BCUT2D eigenvalue weighted by molar-refractivity contribution is -0.118. The molecule has 1 amide bonds. The van der Waals surface area contributed by atoms with Gasteiger partial charge < -0.3 is 10.6 Å². The van der Waals surface area contributed by atoms with E-state index in [2.05, 4.69) is 15.6 Å². The standard InChI is InChI=1S/C6H11N3OS/c1-7-4-5(10)9-6-8-2-3-11-6/h7H,2-4H2,1H3,(H,8,9,10). The van der Waals surface area contributed by atoms with Crippen molar-refractivity contribution >= 4 is 22.8 Å². The van der Waals surface area contributed by atoms with Gasteiger partial charge in [0.1, 0.15) is 0 Å². The lowest BCUT2D eigenvalue weighted by Crippen LogP contribution is -2.34. The van der Waals surface area contributed by atoms with Crippen molar-refractivity contribution in [1.82, 2.24) is 10.6 Å². The Hall–Kier alpha value is -0.550. The van der Waals surface area contributed by atoms with Crippen molar-refractivity contribution in [3.05, 3.63) is 0 Å². The maximum atomic E-state index is 10.9. The number of amidine groups is 1. The molecular weight excluding hydrogens is 162 g/mol. The van der Waals surface area contributed by atoms with Crippen molar-refractivity contribution in [2.45, 2.75) is 0 Å². The summed E-state index contributed by atoms with van der Waals surface area (Å²) in [7, 11) is 1.74. The summed E-state index contributed by atoms with van der Waals surface area (Å²) in [4.78, 5) is 15.0. The van der Waals surface area contributed by atoms with Gasteiger partial charge in [0, 0.05) is 5.75 Å². The van der Waals surface area contributed by atoms with Crippen LogP contribution in [0.5, 0.6) is 0 Å². The van der Waals surface area contributed by atoms with Crippen molar-refractivity contribution in [1.29, 1.82) is 0 Å². The number of carbonyl (C=O) groups excluding carboxylic acids is 1. The van der Waals surface area contributed by atoms with Gasteiger partial charge in [-0.15, -0.1) is 0 Å². The molecule has 0 aromatic rings. The van der Waals surface area contributed by atoms with Gasteiger partial charge in [-0.3, -0.25) is 9.79 Å². The molecular formula is C6H11N3OS. The quantitative estimate of drug-likeness (QED) is 0.587. The number of nitrogens with zero attached hydrogens (tertiary/aromatic N) is 1. The van der Waals surface area contributed by atoms with Crippen molar-refractivity contribution < 1.29 is 4.79 Å². The minimum atomic E-state index is -0.0272. The topological polar surface area (TPSA) is 53.5 Å². The Morgan fingerprint density at radius 3 is 3.18 bits per heavy atom. The zero-order valence-corrected chi connectivity index (χ0v) is 7.20.